The summed E-state index contributed by atoms with van der Waals surface area (Å²) in [5, 5.41) is 20.5. The van der Waals surface area contributed by atoms with Crippen LogP contribution in [0.1, 0.15) is 11.1 Å². The fourth-order valence-corrected chi connectivity index (χ4v) is 4.23. The van der Waals surface area contributed by atoms with Crippen LogP contribution >= 0.6 is 31.9 Å². The highest BCUT2D eigenvalue weighted by atomic mass is 79.9. The number of aromatic hydroxyl groups is 2. The second kappa shape index (κ2) is 11.9. The summed E-state index contributed by atoms with van der Waals surface area (Å²) in [7, 11) is 2.99. The van der Waals surface area contributed by atoms with E-state index in [1.54, 1.807) is 36.7 Å². The minimum absolute atomic E-state index is 0.0235. The van der Waals surface area contributed by atoms with Crippen molar-refractivity contribution in [2.75, 3.05) is 14.2 Å². The monoisotopic (exact) mass is 624 g/mol. The van der Waals surface area contributed by atoms with Crippen molar-refractivity contribution < 1.29 is 24.4 Å². The molecule has 0 radical (unpaired) electrons. The van der Waals surface area contributed by atoms with Gasteiger partial charge >= 0.3 is 0 Å². The van der Waals surface area contributed by atoms with Crippen LogP contribution in [0, 0.1) is 0 Å². The number of methoxy groups -OCH3 is 2. The molecule has 0 aliphatic rings. The second-order valence-electron chi connectivity index (χ2n) is 7.70. The van der Waals surface area contributed by atoms with Crippen molar-refractivity contribution in [1.82, 2.24) is 0 Å². The zero-order valence-electron chi connectivity index (χ0n) is 19.9. The molecule has 4 aromatic rings. The number of aliphatic imine (C=N–C) groups is 2. The molecular formula is C28H22Br2N2O5. The molecule has 2 N–H and O–H groups in total. The predicted octanol–water partition coefficient (Wildman–Crippen LogP) is 7.93. The average molecular weight is 626 g/mol. The molecule has 0 fully saturated rings. The Morgan fingerprint density at radius 2 is 1.00 bits per heavy atom. The van der Waals surface area contributed by atoms with E-state index in [0.717, 1.165) is 8.95 Å². The quantitative estimate of drug-likeness (QED) is 0.194. The topological polar surface area (TPSA) is 92.9 Å². The maximum absolute atomic E-state index is 10.3. The fraction of sp³-hybridized carbons (Fsp3) is 0.0714. The summed E-state index contributed by atoms with van der Waals surface area (Å²) < 4.78 is 17.8. The van der Waals surface area contributed by atoms with Crippen LogP contribution in [-0.4, -0.2) is 36.9 Å². The van der Waals surface area contributed by atoms with Crippen molar-refractivity contribution in [3.63, 3.8) is 0 Å². The van der Waals surface area contributed by atoms with Crippen molar-refractivity contribution in [2.24, 2.45) is 9.98 Å². The summed E-state index contributed by atoms with van der Waals surface area (Å²) in [5.74, 6) is 2.07. The molecule has 0 saturated carbocycles. The first-order chi connectivity index (χ1) is 17.9. The predicted molar refractivity (Wildman–Crippen MR) is 152 cm³/mol. The summed E-state index contributed by atoms with van der Waals surface area (Å²) in [6, 6.07) is 21.4. The van der Waals surface area contributed by atoms with E-state index in [4.69, 9.17) is 14.2 Å². The molecule has 0 amide bonds. The van der Waals surface area contributed by atoms with Gasteiger partial charge in [0.25, 0.3) is 0 Å². The Labute approximate surface area is 231 Å². The first kappa shape index (κ1) is 26.2. The van der Waals surface area contributed by atoms with Gasteiger partial charge in [-0.25, -0.2) is 0 Å². The first-order valence-corrected chi connectivity index (χ1v) is 12.5. The van der Waals surface area contributed by atoms with Crippen molar-refractivity contribution in [1.29, 1.82) is 0 Å². The second-order valence-corrected chi connectivity index (χ2v) is 9.53. The number of rotatable bonds is 8. The molecule has 0 spiro atoms. The van der Waals surface area contributed by atoms with Crippen molar-refractivity contribution in [3.8, 4) is 34.5 Å². The lowest BCUT2D eigenvalue weighted by atomic mass is 10.2. The minimum atomic E-state index is 0.0235. The number of benzene rings is 4. The van der Waals surface area contributed by atoms with Gasteiger partial charge in [-0.2, -0.15) is 0 Å². The van der Waals surface area contributed by atoms with Crippen molar-refractivity contribution in [2.45, 2.75) is 0 Å². The number of phenolic OH excluding ortho intramolecular Hbond substituents is 2. The molecule has 37 heavy (non-hydrogen) atoms. The average Bonchev–Trinajstić information content (AvgIpc) is 2.90. The number of halogens is 2. The SMILES string of the molecule is COc1cc(Br)cc(C=Nc2ccc(Oc3ccc(N=Cc4cc(Br)cc(OC)c4O)cc3)cc2)c1O. The summed E-state index contributed by atoms with van der Waals surface area (Å²) in [5.41, 5.74) is 2.46. The summed E-state index contributed by atoms with van der Waals surface area (Å²) in [4.78, 5) is 8.84. The van der Waals surface area contributed by atoms with Crippen LogP contribution in [0.3, 0.4) is 0 Å². The Hall–Kier alpha value is -3.82. The van der Waals surface area contributed by atoms with Crippen LogP contribution in [0.15, 0.2) is 91.7 Å². The highest BCUT2D eigenvalue weighted by molar-refractivity contribution is 9.10. The summed E-state index contributed by atoms with van der Waals surface area (Å²) in [6.07, 6.45) is 3.14. The maximum Gasteiger partial charge on any atom is 0.166 e. The van der Waals surface area contributed by atoms with E-state index in [2.05, 4.69) is 41.8 Å². The summed E-state index contributed by atoms with van der Waals surface area (Å²) >= 11 is 6.79. The van der Waals surface area contributed by atoms with Gasteiger partial charge < -0.3 is 24.4 Å². The van der Waals surface area contributed by atoms with Gasteiger partial charge in [-0.3, -0.25) is 9.98 Å². The Kier molecular flexibility index (Phi) is 8.47. The van der Waals surface area contributed by atoms with Crippen molar-refractivity contribution >= 4 is 55.7 Å². The molecule has 0 heterocycles. The minimum Gasteiger partial charge on any atom is -0.504 e. The number of nitrogens with zero attached hydrogens (tertiary/aromatic N) is 2. The van der Waals surface area contributed by atoms with Gasteiger partial charge in [0.1, 0.15) is 11.5 Å². The number of hydrogen-bond acceptors (Lipinski definition) is 7. The highest BCUT2D eigenvalue weighted by Gasteiger charge is 2.09. The van der Waals surface area contributed by atoms with E-state index < -0.39 is 0 Å². The molecule has 0 aliphatic heterocycles. The summed E-state index contributed by atoms with van der Waals surface area (Å²) in [6.45, 7) is 0. The van der Waals surface area contributed by atoms with Gasteiger partial charge in [-0.1, -0.05) is 31.9 Å². The molecule has 0 bridgehead atoms. The zero-order valence-corrected chi connectivity index (χ0v) is 23.0. The maximum atomic E-state index is 10.3. The van der Waals surface area contributed by atoms with Gasteiger partial charge in [-0.05, 0) is 72.8 Å². The zero-order chi connectivity index (χ0) is 26.4. The lowest BCUT2D eigenvalue weighted by molar-refractivity contribution is 0.373. The fourth-order valence-electron chi connectivity index (χ4n) is 3.32. The van der Waals surface area contributed by atoms with Gasteiger partial charge in [0.2, 0.25) is 0 Å². The van der Waals surface area contributed by atoms with Gasteiger partial charge in [-0.15, -0.1) is 0 Å². The smallest absolute Gasteiger partial charge is 0.166 e. The molecule has 0 atom stereocenters. The van der Waals surface area contributed by atoms with Crippen LogP contribution in [-0.2, 0) is 0 Å². The third-order valence-corrected chi connectivity index (χ3v) is 6.11. The van der Waals surface area contributed by atoms with E-state index in [0.29, 0.717) is 45.5 Å². The number of ether oxygens (including phenoxy) is 3. The third kappa shape index (κ3) is 6.69. The van der Waals surface area contributed by atoms with E-state index in [1.165, 1.54) is 14.2 Å². The van der Waals surface area contributed by atoms with Gasteiger partial charge in [0.15, 0.2) is 23.0 Å². The van der Waals surface area contributed by atoms with Gasteiger partial charge in [0, 0.05) is 32.5 Å². The molecule has 0 saturated heterocycles. The molecule has 0 aromatic heterocycles. The molecule has 0 aliphatic carbocycles. The normalized spacial score (nSPS) is 11.2. The highest BCUT2D eigenvalue weighted by Crippen LogP contribution is 2.34. The van der Waals surface area contributed by atoms with E-state index >= 15 is 0 Å². The number of phenols is 2. The molecule has 7 nitrogen and oxygen atoms in total. The van der Waals surface area contributed by atoms with Crippen LogP contribution < -0.4 is 14.2 Å². The molecule has 188 valence electrons. The van der Waals surface area contributed by atoms with E-state index in [9.17, 15) is 10.2 Å². The Morgan fingerprint density at radius 1 is 0.622 bits per heavy atom. The number of hydrogen-bond donors (Lipinski definition) is 2. The Balaban J connectivity index is 1.41. The lowest BCUT2D eigenvalue weighted by Gasteiger charge is -2.08. The molecule has 4 rings (SSSR count). The van der Waals surface area contributed by atoms with Crippen LogP contribution in [0.2, 0.25) is 0 Å². The Morgan fingerprint density at radius 3 is 1.35 bits per heavy atom. The standard InChI is InChI=1S/C28H22Br2N2O5/c1-35-25-13-19(29)11-17(27(25)33)15-31-21-3-7-23(8-4-21)37-24-9-5-22(6-10-24)32-16-18-12-20(30)14-26(36-2)28(18)34/h3-16,33-34H,1-2H3. The van der Waals surface area contributed by atoms with E-state index in [-0.39, 0.29) is 11.5 Å². The molecule has 0 unspecified atom stereocenters. The van der Waals surface area contributed by atoms with Crippen LogP contribution in [0.25, 0.3) is 0 Å². The molecule has 4 aromatic carbocycles. The van der Waals surface area contributed by atoms with Crippen molar-refractivity contribution in [3.05, 3.63) is 92.9 Å². The van der Waals surface area contributed by atoms with E-state index in [1.807, 2.05) is 48.5 Å². The van der Waals surface area contributed by atoms with Crippen LogP contribution in [0.5, 0.6) is 34.5 Å². The molecule has 9 heteroatoms. The van der Waals surface area contributed by atoms with Crippen LogP contribution in [0.4, 0.5) is 11.4 Å². The van der Waals surface area contributed by atoms with Gasteiger partial charge in [0.05, 0.1) is 25.6 Å². The third-order valence-electron chi connectivity index (χ3n) is 5.19. The first-order valence-electron chi connectivity index (χ1n) is 11.0. The Bertz CT molecular complexity index is 1340. The lowest BCUT2D eigenvalue weighted by Crippen LogP contribution is -1.89. The molecular weight excluding hydrogens is 604 g/mol. The largest absolute Gasteiger partial charge is 0.504 e.